The minimum atomic E-state index is -0.567. The standard InChI is InChI=1S/C13H20N4O/c1-9-10(14)5-6-11(15-9)17-8-7-16(4)12(18)13(17,2)3/h5-6H,7-8,14H2,1-4H3. The molecule has 0 aromatic carbocycles. The van der Waals surface area contributed by atoms with Gasteiger partial charge in [0.2, 0.25) is 5.91 Å². The highest BCUT2D eigenvalue weighted by molar-refractivity contribution is 5.90. The van der Waals surface area contributed by atoms with E-state index in [9.17, 15) is 4.79 Å². The van der Waals surface area contributed by atoms with Crippen LogP contribution in [0.2, 0.25) is 0 Å². The predicted molar refractivity (Wildman–Crippen MR) is 72.4 cm³/mol. The molecule has 1 fully saturated rings. The molecule has 2 heterocycles. The van der Waals surface area contributed by atoms with Crippen LogP contribution in [0.15, 0.2) is 12.1 Å². The van der Waals surface area contributed by atoms with Crippen molar-refractivity contribution in [2.45, 2.75) is 26.3 Å². The van der Waals surface area contributed by atoms with Gasteiger partial charge < -0.3 is 15.5 Å². The quantitative estimate of drug-likeness (QED) is 0.806. The Morgan fingerprint density at radius 2 is 2.00 bits per heavy atom. The Labute approximate surface area is 108 Å². The summed E-state index contributed by atoms with van der Waals surface area (Å²) in [6, 6.07) is 3.72. The second kappa shape index (κ2) is 4.15. The molecule has 98 valence electrons. The van der Waals surface area contributed by atoms with E-state index in [0.717, 1.165) is 18.1 Å². The lowest BCUT2D eigenvalue weighted by atomic mass is 9.97. The molecule has 0 atom stereocenters. The smallest absolute Gasteiger partial charge is 0.247 e. The number of hydrogen-bond donors (Lipinski definition) is 1. The van der Waals surface area contributed by atoms with Crippen molar-refractivity contribution >= 4 is 17.4 Å². The number of piperazine rings is 1. The molecule has 0 aliphatic carbocycles. The molecule has 0 radical (unpaired) electrons. The minimum absolute atomic E-state index is 0.116. The van der Waals surface area contributed by atoms with Gasteiger partial charge in [-0.1, -0.05) is 0 Å². The third-order valence-corrected chi connectivity index (χ3v) is 3.59. The summed E-state index contributed by atoms with van der Waals surface area (Å²) in [5.74, 6) is 0.929. The summed E-state index contributed by atoms with van der Waals surface area (Å²) < 4.78 is 0. The number of amides is 1. The fourth-order valence-corrected chi connectivity index (χ4v) is 2.32. The molecule has 1 amide bonds. The summed E-state index contributed by atoms with van der Waals surface area (Å²) in [4.78, 5) is 20.5. The van der Waals surface area contributed by atoms with Gasteiger partial charge in [-0.2, -0.15) is 0 Å². The van der Waals surface area contributed by atoms with Crippen LogP contribution in [0.4, 0.5) is 11.5 Å². The molecule has 0 unspecified atom stereocenters. The van der Waals surface area contributed by atoms with Crippen LogP contribution < -0.4 is 10.6 Å². The minimum Gasteiger partial charge on any atom is -0.397 e. The van der Waals surface area contributed by atoms with Crippen molar-refractivity contribution in [2.24, 2.45) is 0 Å². The van der Waals surface area contributed by atoms with Crippen LogP contribution >= 0.6 is 0 Å². The Bertz CT molecular complexity index is 484. The number of nitrogens with two attached hydrogens (primary N) is 1. The number of pyridine rings is 1. The zero-order chi connectivity index (χ0) is 13.5. The van der Waals surface area contributed by atoms with E-state index >= 15 is 0 Å². The Morgan fingerprint density at radius 3 is 2.61 bits per heavy atom. The number of carbonyl (C=O) groups is 1. The van der Waals surface area contributed by atoms with Gasteiger partial charge in [-0.15, -0.1) is 0 Å². The van der Waals surface area contributed by atoms with Crippen molar-refractivity contribution in [3.05, 3.63) is 17.8 Å². The molecule has 1 aromatic rings. The Balaban J connectivity index is 2.38. The second-order valence-electron chi connectivity index (χ2n) is 5.28. The first-order chi connectivity index (χ1) is 8.34. The van der Waals surface area contributed by atoms with Gasteiger partial charge in [-0.05, 0) is 32.9 Å². The molecule has 2 rings (SSSR count). The van der Waals surface area contributed by atoms with Crippen molar-refractivity contribution < 1.29 is 4.79 Å². The van der Waals surface area contributed by atoms with Crippen LogP contribution in [0, 0.1) is 6.92 Å². The summed E-state index contributed by atoms with van der Waals surface area (Å²) >= 11 is 0. The van der Waals surface area contributed by atoms with Crippen LogP contribution in [0.25, 0.3) is 0 Å². The SMILES string of the molecule is Cc1nc(N2CCN(C)C(=O)C2(C)C)ccc1N. The van der Waals surface area contributed by atoms with Crippen molar-refractivity contribution in [1.29, 1.82) is 0 Å². The van der Waals surface area contributed by atoms with Crippen LogP contribution in [-0.2, 0) is 4.79 Å². The van der Waals surface area contributed by atoms with Gasteiger partial charge in [0.05, 0.1) is 11.4 Å². The monoisotopic (exact) mass is 248 g/mol. The van der Waals surface area contributed by atoms with Gasteiger partial charge in [0.15, 0.2) is 0 Å². The number of likely N-dealkylation sites (N-methyl/N-ethyl adjacent to an activating group) is 1. The number of rotatable bonds is 1. The molecule has 5 heteroatoms. The number of aryl methyl sites for hydroxylation is 1. The summed E-state index contributed by atoms with van der Waals surface area (Å²) in [6.07, 6.45) is 0. The first-order valence-electron chi connectivity index (χ1n) is 6.10. The summed E-state index contributed by atoms with van der Waals surface area (Å²) in [5.41, 5.74) is 6.69. The molecule has 2 N–H and O–H groups in total. The molecule has 1 saturated heterocycles. The van der Waals surface area contributed by atoms with Crippen molar-refractivity contribution in [3.8, 4) is 0 Å². The summed E-state index contributed by atoms with van der Waals surface area (Å²) in [5, 5.41) is 0. The zero-order valence-electron chi connectivity index (χ0n) is 11.4. The van der Waals surface area contributed by atoms with E-state index in [2.05, 4.69) is 4.98 Å². The highest BCUT2D eigenvalue weighted by Gasteiger charge is 2.41. The average Bonchev–Trinajstić information content (AvgIpc) is 2.30. The number of aromatic nitrogens is 1. The van der Waals surface area contributed by atoms with Gasteiger partial charge >= 0.3 is 0 Å². The largest absolute Gasteiger partial charge is 0.397 e. The first kappa shape index (κ1) is 12.7. The van der Waals surface area contributed by atoms with E-state index in [1.807, 2.05) is 44.9 Å². The Morgan fingerprint density at radius 1 is 1.33 bits per heavy atom. The van der Waals surface area contributed by atoms with Crippen molar-refractivity contribution in [1.82, 2.24) is 9.88 Å². The van der Waals surface area contributed by atoms with E-state index in [1.54, 1.807) is 4.90 Å². The maximum absolute atomic E-state index is 12.2. The lowest BCUT2D eigenvalue weighted by Gasteiger charge is -2.45. The van der Waals surface area contributed by atoms with E-state index in [0.29, 0.717) is 12.2 Å². The van der Waals surface area contributed by atoms with Gasteiger partial charge in [0.1, 0.15) is 11.4 Å². The maximum Gasteiger partial charge on any atom is 0.247 e. The Kier molecular flexibility index (Phi) is 2.92. The topological polar surface area (TPSA) is 62.5 Å². The van der Waals surface area contributed by atoms with Gasteiger partial charge in [0.25, 0.3) is 0 Å². The van der Waals surface area contributed by atoms with Crippen LogP contribution in [0.5, 0.6) is 0 Å². The summed E-state index contributed by atoms with van der Waals surface area (Å²) in [7, 11) is 1.84. The number of carbonyl (C=O) groups excluding carboxylic acids is 1. The molecule has 18 heavy (non-hydrogen) atoms. The molecular weight excluding hydrogens is 228 g/mol. The lowest BCUT2D eigenvalue weighted by molar-refractivity contribution is -0.136. The normalized spacial score (nSPS) is 19.2. The molecule has 0 spiro atoms. The number of anilines is 2. The highest BCUT2D eigenvalue weighted by Crippen LogP contribution is 2.28. The lowest BCUT2D eigenvalue weighted by Crippen LogP contribution is -2.62. The number of hydrogen-bond acceptors (Lipinski definition) is 4. The molecule has 0 saturated carbocycles. The van der Waals surface area contributed by atoms with Gasteiger partial charge in [-0.25, -0.2) is 4.98 Å². The molecule has 1 aliphatic heterocycles. The van der Waals surface area contributed by atoms with E-state index in [4.69, 9.17) is 5.73 Å². The van der Waals surface area contributed by atoms with Gasteiger partial charge in [0, 0.05) is 20.1 Å². The molecule has 1 aliphatic rings. The molecular formula is C13H20N4O. The Hall–Kier alpha value is -1.78. The zero-order valence-corrected chi connectivity index (χ0v) is 11.4. The van der Waals surface area contributed by atoms with E-state index in [1.165, 1.54) is 0 Å². The number of nitrogens with zero attached hydrogens (tertiary/aromatic N) is 3. The first-order valence-corrected chi connectivity index (χ1v) is 6.10. The van der Waals surface area contributed by atoms with E-state index in [-0.39, 0.29) is 5.91 Å². The average molecular weight is 248 g/mol. The fourth-order valence-electron chi connectivity index (χ4n) is 2.32. The van der Waals surface area contributed by atoms with Crippen molar-refractivity contribution in [3.63, 3.8) is 0 Å². The third-order valence-electron chi connectivity index (χ3n) is 3.59. The van der Waals surface area contributed by atoms with Crippen molar-refractivity contribution in [2.75, 3.05) is 30.8 Å². The highest BCUT2D eigenvalue weighted by atomic mass is 16.2. The van der Waals surface area contributed by atoms with Crippen LogP contribution in [0.1, 0.15) is 19.5 Å². The number of nitrogen functional groups attached to an aromatic ring is 1. The van der Waals surface area contributed by atoms with Crippen LogP contribution in [0.3, 0.4) is 0 Å². The fraction of sp³-hybridized carbons (Fsp3) is 0.538. The maximum atomic E-state index is 12.2. The third kappa shape index (κ3) is 1.89. The molecule has 0 bridgehead atoms. The predicted octanol–water partition coefficient (Wildman–Crippen LogP) is 1.03. The van der Waals surface area contributed by atoms with Crippen LogP contribution in [-0.4, -0.2) is 41.5 Å². The molecule has 5 nitrogen and oxygen atoms in total. The van der Waals surface area contributed by atoms with Gasteiger partial charge in [-0.3, -0.25) is 4.79 Å². The summed E-state index contributed by atoms with van der Waals surface area (Å²) in [6.45, 7) is 7.24. The second-order valence-corrected chi connectivity index (χ2v) is 5.28. The molecule has 1 aromatic heterocycles. The van der Waals surface area contributed by atoms with E-state index < -0.39 is 5.54 Å².